The molecule has 0 radical (unpaired) electrons. The molecule has 3 atom stereocenters. The third kappa shape index (κ3) is 2.82. The van der Waals surface area contributed by atoms with Gasteiger partial charge in [-0.1, -0.05) is 29.6 Å². The summed E-state index contributed by atoms with van der Waals surface area (Å²) in [6.07, 6.45) is 3.11. The maximum atomic E-state index is 12.8. The van der Waals surface area contributed by atoms with Crippen molar-refractivity contribution in [1.82, 2.24) is 4.31 Å². The molecule has 4 nitrogen and oxygen atoms in total. The number of fused-ring (bicyclic) bond motifs is 1. The highest BCUT2D eigenvalue weighted by Crippen LogP contribution is 2.39. The zero-order valence-electron chi connectivity index (χ0n) is 11.5. The molecule has 0 amide bonds. The van der Waals surface area contributed by atoms with Gasteiger partial charge in [-0.05, 0) is 42.9 Å². The van der Waals surface area contributed by atoms with Gasteiger partial charge < -0.3 is 5.73 Å². The number of rotatable bonds is 2. The van der Waals surface area contributed by atoms with Crippen molar-refractivity contribution >= 4 is 33.2 Å². The molecule has 1 aliphatic heterocycles. The molecule has 1 aromatic carbocycles. The van der Waals surface area contributed by atoms with E-state index >= 15 is 0 Å². The Morgan fingerprint density at radius 3 is 2.67 bits per heavy atom. The van der Waals surface area contributed by atoms with Crippen LogP contribution in [0, 0.1) is 11.8 Å². The SMILES string of the molecule is NC1CCCC2CN(S(=O)(=O)c3cc(Cl)ccc3Cl)CC12. The van der Waals surface area contributed by atoms with Crippen LogP contribution >= 0.6 is 23.2 Å². The van der Waals surface area contributed by atoms with Crippen molar-refractivity contribution in [1.29, 1.82) is 0 Å². The van der Waals surface area contributed by atoms with Crippen molar-refractivity contribution in [2.75, 3.05) is 13.1 Å². The zero-order chi connectivity index (χ0) is 15.2. The molecule has 2 fully saturated rings. The van der Waals surface area contributed by atoms with Gasteiger partial charge in [-0.2, -0.15) is 4.31 Å². The van der Waals surface area contributed by atoms with Gasteiger partial charge >= 0.3 is 0 Å². The predicted molar refractivity (Wildman–Crippen MR) is 84.0 cm³/mol. The second-order valence-electron chi connectivity index (χ2n) is 5.92. The van der Waals surface area contributed by atoms with Crippen molar-refractivity contribution in [2.24, 2.45) is 17.6 Å². The van der Waals surface area contributed by atoms with Gasteiger partial charge in [0.05, 0.1) is 5.02 Å². The van der Waals surface area contributed by atoms with Crippen molar-refractivity contribution in [3.63, 3.8) is 0 Å². The number of nitrogens with zero attached hydrogens (tertiary/aromatic N) is 1. The summed E-state index contributed by atoms with van der Waals surface area (Å²) in [5, 5.41) is 0.574. The lowest BCUT2D eigenvalue weighted by Crippen LogP contribution is -2.38. The molecule has 1 aliphatic carbocycles. The van der Waals surface area contributed by atoms with Crippen LogP contribution in [0.3, 0.4) is 0 Å². The van der Waals surface area contributed by atoms with Gasteiger partial charge in [-0.15, -0.1) is 0 Å². The Bertz CT molecular complexity index is 650. The molecular weight excluding hydrogens is 331 g/mol. The van der Waals surface area contributed by atoms with Gasteiger partial charge in [0.1, 0.15) is 4.90 Å². The lowest BCUT2D eigenvalue weighted by atomic mass is 9.78. The summed E-state index contributed by atoms with van der Waals surface area (Å²) in [7, 11) is -3.61. The molecule has 1 saturated heterocycles. The summed E-state index contributed by atoms with van der Waals surface area (Å²) in [4.78, 5) is 0.0869. The summed E-state index contributed by atoms with van der Waals surface area (Å²) in [6, 6.07) is 4.62. The minimum Gasteiger partial charge on any atom is -0.327 e. The smallest absolute Gasteiger partial charge is 0.244 e. The molecule has 3 rings (SSSR count). The molecule has 7 heteroatoms. The fourth-order valence-corrected chi connectivity index (χ4v) is 5.76. The summed E-state index contributed by atoms with van der Waals surface area (Å²) in [6.45, 7) is 1.01. The second kappa shape index (κ2) is 5.70. The largest absolute Gasteiger partial charge is 0.327 e. The van der Waals surface area contributed by atoms with Gasteiger partial charge in [0.2, 0.25) is 10.0 Å². The van der Waals surface area contributed by atoms with Crippen LogP contribution in [-0.4, -0.2) is 31.9 Å². The van der Waals surface area contributed by atoms with Crippen molar-refractivity contribution in [2.45, 2.75) is 30.2 Å². The predicted octanol–water partition coefficient (Wildman–Crippen LogP) is 2.74. The van der Waals surface area contributed by atoms with Crippen LogP contribution in [-0.2, 0) is 10.0 Å². The molecular formula is C14H18Cl2N2O2S. The number of hydrogen-bond acceptors (Lipinski definition) is 3. The first-order chi connectivity index (χ1) is 9.89. The first kappa shape index (κ1) is 15.6. The second-order valence-corrected chi connectivity index (χ2v) is 8.67. The third-order valence-electron chi connectivity index (χ3n) is 4.63. The fourth-order valence-electron chi connectivity index (χ4n) is 3.49. The van der Waals surface area contributed by atoms with E-state index in [-0.39, 0.29) is 21.9 Å². The number of halogens is 2. The van der Waals surface area contributed by atoms with Gasteiger partial charge in [-0.3, -0.25) is 0 Å². The Labute approximate surface area is 135 Å². The van der Waals surface area contributed by atoms with Crippen LogP contribution in [0.4, 0.5) is 0 Å². The summed E-state index contributed by atoms with van der Waals surface area (Å²) >= 11 is 12.0. The van der Waals surface area contributed by atoms with Gasteiger partial charge in [0.25, 0.3) is 0 Å². The average molecular weight is 349 g/mol. The van der Waals surface area contributed by atoms with E-state index in [1.54, 1.807) is 6.07 Å². The Balaban J connectivity index is 1.91. The topological polar surface area (TPSA) is 63.4 Å². The zero-order valence-corrected chi connectivity index (χ0v) is 13.8. The highest BCUT2D eigenvalue weighted by Gasteiger charge is 2.43. The number of hydrogen-bond donors (Lipinski definition) is 1. The lowest BCUT2D eigenvalue weighted by molar-refractivity contribution is 0.260. The van der Waals surface area contributed by atoms with E-state index in [2.05, 4.69) is 0 Å². The molecule has 1 saturated carbocycles. The number of nitrogens with two attached hydrogens (primary N) is 1. The summed E-state index contributed by atoms with van der Waals surface area (Å²) in [5.41, 5.74) is 6.15. The highest BCUT2D eigenvalue weighted by molar-refractivity contribution is 7.89. The molecule has 3 unspecified atom stereocenters. The first-order valence-corrected chi connectivity index (χ1v) is 9.30. The van der Waals surface area contributed by atoms with Crippen LogP contribution in [0.25, 0.3) is 0 Å². The van der Waals surface area contributed by atoms with Gasteiger partial charge in [0, 0.05) is 24.2 Å². The molecule has 2 aliphatic rings. The number of sulfonamides is 1. The van der Waals surface area contributed by atoms with E-state index in [0.717, 1.165) is 19.3 Å². The van der Waals surface area contributed by atoms with Crippen LogP contribution in [0.1, 0.15) is 19.3 Å². The maximum absolute atomic E-state index is 12.8. The van der Waals surface area contributed by atoms with Gasteiger partial charge in [0.15, 0.2) is 0 Å². The van der Waals surface area contributed by atoms with Crippen molar-refractivity contribution < 1.29 is 8.42 Å². The Hall–Kier alpha value is -0.330. The Morgan fingerprint density at radius 1 is 1.19 bits per heavy atom. The highest BCUT2D eigenvalue weighted by atomic mass is 35.5. The molecule has 0 spiro atoms. The van der Waals surface area contributed by atoms with Crippen LogP contribution in [0.2, 0.25) is 10.0 Å². The van der Waals surface area contributed by atoms with Gasteiger partial charge in [-0.25, -0.2) is 8.42 Å². The normalized spacial score (nSPS) is 30.3. The fraction of sp³-hybridized carbons (Fsp3) is 0.571. The van der Waals surface area contributed by atoms with E-state index in [4.69, 9.17) is 28.9 Å². The molecule has 0 bridgehead atoms. The molecule has 1 aromatic rings. The minimum atomic E-state index is -3.61. The standard InChI is InChI=1S/C14H18Cl2N2O2S/c15-10-4-5-12(16)14(6-10)21(19,20)18-7-9-2-1-3-13(17)11(9)8-18/h4-6,9,11,13H,1-3,7-8,17H2. The first-order valence-electron chi connectivity index (χ1n) is 7.10. The molecule has 0 aromatic heterocycles. The van der Waals surface area contributed by atoms with E-state index < -0.39 is 10.0 Å². The van der Waals surface area contributed by atoms with Crippen molar-refractivity contribution in [3.8, 4) is 0 Å². The van der Waals surface area contributed by atoms with E-state index in [1.807, 2.05) is 0 Å². The Morgan fingerprint density at radius 2 is 1.95 bits per heavy atom. The quantitative estimate of drug-likeness (QED) is 0.893. The lowest BCUT2D eigenvalue weighted by Gasteiger charge is -2.29. The monoisotopic (exact) mass is 348 g/mol. The van der Waals surface area contributed by atoms with Crippen molar-refractivity contribution in [3.05, 3.63) is 28.2 Å². The van der Waals surface area contributed by atoms with E-state index in [9.17, 15) is 8.42 Å². The third-order valence-corrected chi connectivity index (χ3v) is 7.18. The molecule has 21 heavy (non-hydrogen) atoms. The van der Waals surface area contributed by atoms with Crippen LogP contribution < -0.4 is 5.73 Å². The minimum absolute atomic E-state index is 0.0869. The average Bonchev–Trinajstić information content (AvgIpc) is 2.88. The molecule has 116 valence electrons. The number of benzene rings is 1. The summed E-state index contributed by atoms with van der Waals surface area (Å²) in [5.74, 6) is 0.618. The van der Waals surface area contributed by atoms with Crippen LogP contribution in [0.15, 0.2) is 23.1 Å². The molecule has 2 N–H and O–H groups in total. The van der Waals surface area contributed by atoms with E-state index in [1.165, 1.54) is 16.4 Å². The Kier molecular flexibility index (Phi) is 4.23. The van der Waals surface area contributed by atoms with Crippen LogP contribution in [0.5, 0.6) is 0 Å². The van der Waals surface area contributed by atoms with E-state index in [0.29, 0.717) is 24.0 Å². The molecule has 1 heterocycles. The summed E-state index contributed by atoms with van der Waals surface area (Å²) < 4.78 is 27.1. The maximum Gasteiger partial charge on any atom is 0.244 e.